The van der Waals surface area contributed by atoms with Gasteiger partial charge in [0.2, 0.25) is 0 Å². The van der Waals surface area contributed by atoms with Gasteiger partial charge in [0, 0.05) is 34.5 Å². The van der Waals surface area contributed by atoms with Crippen molar-refractivity contribution in [3.8, 4) is 0 Å². The Balaban J connectivity index is 1.59. The van der Waals surface area contributed by atoms with Gasteiger partial charge in [0.1, 0.15) is 0 Å². The maximum Gasteiger partial charge on any atom is 0.322 e. The number of anilines is 1. The van der Waals surface area contributed by atoms with Crippen LogP contribution in [0.2, 0.25) is 0 Å². The maximum absolute atomic E-state index is 12.5. The van der Waals surface area contributed by atoms with Gasteiger partial charge in [-0.05, 0) is 23.3 Å². The highest BCUT2D eigenvalue weighted by Crippen LogP contribution is 2.16. The van der Waals surface area contributed by atoms with Gasteiger partial charge in [0.05, 0.1) is 25.9 Å². The number of benzene rings is 2. The largest absolute Gasteiger partial charge is 0.394 e. The zero-order chi connectivity index (χ0) is 19.1. The molecule has 1 fully saturated rings. The van der Waals surface area contributed by atoms with E-state index in [4.69, 9.17) is 4.74 Å². The molecule has 2 amide bonds. The molecular weight excluding hydrogens is 364 g/mol. The summed E-state index contributed by atoms with van der Waals surface area (Å²) in [5, 5.41) is 12.3. The molecule has 6 nitrogen and oxygen atoms in total. The third-order valence-corrected chi connectivity index (χ3v) is 5.69. The summed E-state index contributed by atoms with van der Waals surface area (Å²) >= 11 is 0. The summed E-state index contributed by atoms with van der Waals surface area (Å²) in [6.45, 7) is 1.11. The second kappa shape index (κ2) is 9.64. The predicted molar refractivity (Wildman–Crippen MR) is 106 cm³/mol. The highest BCUT2D eigenvalue weighted by atomic mass is 32.2. The standard InChI is InChI=1S/C20H24N2O4S/c23-12-19-13-26-10-9-22(19)20(24)21-18-8-4-7-17(11-18)15-27(25)14-16-5-2-1-3-6-16/h1-8,11,19,23H,9-10,12-15H2,(H,21,24)/t19-,27+/m0/s1. The van der Waals surface area contributed by atoms with E-state index in [1.54, 1.807) is 11.0 Å². The lowest BCUT2D eigenvalue weighted by molar-refractivity contribution is -0.00485. The normalized spacial score (nSPS) is 18.1. The van der Waals surface area contributed by atoms with Crippen LogP contribution < -0.4 is 5.32 Å². The van der Waals surface area contributed by atoms with E-state index < -0.39 is 10.8 Å². The third-order valence-electron chi connectivity index (χ3n) is 4.38. The lowest BCUT2D eigenvalue weighted by atomic mass is 10.2. The van der Waals surface area contributed by atoms with Gasteiger partial charge >= 0.3 is 6.03 Å². The second-order valence-electron chi connectivity index (χ2n) is 6.45. The minimum Gasteiger partial charge on any atom is -0.394 e. The average Bonchev–Trinajstić information content (AvgIpc) is 2.69. The number of nitrogens with zero attached hydrogens (tertiary/aromatic N) is 1. The molecular formula is C20H24N2O4S. The first kappa shape index (κ1) is 19.5. The molecule has 1 aliphatic heterocycles. The first-order valence-electron chi connectivity index (χ1n) is 8.90. The molecule has 27 heavy (non-hydrogen) atoms. The van der Waals surface area contributed by atoms with E-state index in [9.17, 15) is 14.1 Å². The third kappa shape index (κ3) is 5.63. The Kier molecular flexibility index (Phi) is 6.98. The van der Waals surface area contributed by atoms with Gasteiger partial charge in [-0.1, -0.05) is 42.5 Å². The van der Waals surface area contributed by atoms with E-state index in [-0.39, 0.29) is 18.7 Å². The minimum absolute atomic E-state index is 0.133. The number of amides is 2. The van der Waals surface area contributed by atoms with Crippen molar-refractivity contribution in [1.82, 2.24) is 4.90 Å². The van der Waals surface area contributed by atoms with Crippen molar-refractivity contribution < 1.29 is 18.8 Å². The molecule has 0 radical (unpaired) electrons. The number of ether oxygens (including phenoxy) is 1. The molecule has 0 bridgehead atoms. The Morgan fingerprint density at radius 3 is 2.67 bits per heavy atom. The summed E-state index contributed by atoms with van der Waals surface area (Å²) in [6.07, 6.45) is 0. The first-order chi connectivity index (χ1) is 13.2. The van der Waals surface area contributed by atoms with Gasteiger partial charge in [-0.15, -0.1) is 0 Å². The molecule has 0 unspecified atom stereocenters. The van der Waals surface area contributed by atoms with Crippen molar-refractivity contribution in [2.75, 3.05) is 31.7 Å². The highest BCUT2D eigenvalue weighted by Gasteiger charge is 2.26. The van der Waals surface area contributed by atoms with E-state index in [1.807, 2.05) is 48.5 Å². The molecule has 3 rings (SSSR count). The fourth-order valence-electron chi connectivity index (χ4n) is 3.00. The van der Waals surface area contributed by atoms with Gasteiger partial charge in [-0.25, -0.2) is 4.79 Å². The van der Waals surface area contributed by atoms with Crippen LogP contribution in [-0.4, -0.2) is 52.7 Å². The maximum atomic E-state index is 12.5. The number of rotatable bonds is 6. The Hall–Kier alpha value is -2.22. The number of urea groups is 1. The summed E-state index contributed by atoms with van der Waals surface area (Å²) in [5.74, 6) is 0.929. The SMILES string of the molecule is O=C(Nc1cccc(C[S@](=O)Cc2ccccc2)c1)N1CCOC[C@@H]1CO. The van der Waals surface area contributed by atoms with E-state index in [1.165, 1.54) is 0 Å². The quantitative estimate of drug-likeness (QED) is 0.796. The Labute approximate surface area is 161 Å². The van der Waals surface area contributed by atoms with E-state index in [0.717, 1.165) is 11.1 Å². The fraction of sp³-hybridized carbons (Fsp3) is 0.350. The van der Waals surface area contributed by atoms with Crippen LogP contribution in [0.4, 0.5) is 10.5 Å². The highest BCUT2D eigenvalue weighted by molar-refractivity contribution is 7.83. The van der Waals surface area contributed by atoms with Crippen LogP contribution in [0.15, 0.2) is 54.6 Å². The molecule has 7 heteroatoms. The molecule has 1 aliphatic rings. The number of nitrogens with one attached hydrogen (secondary N) is 1. The van der Waals surface area contributed by atoms with Gasteiger partial charge in [0.15, 0.2) is 0 Å². The molecule has 2 aromatic carbocycles. The zero-order valence-electron chi connectivity index (χ0n) is 15.0. The summed E-state index contributed by atoms with van der Waals surface area (Å²) in [7, 11) is -1.03. The van der Waals surface area contributed by atoms with Crippen molar-refractivity contribution in [1.29, 1.82) is 0 Å². The molecule has 0 saturated carbocycles. The summed E-state index contributed by atoms with van der Waals surface area (Å²) < 4.78 is 17.7. The molecule has 0 spiro atoms. The van der Waals surface area contributed by atoms with Crippen LogP contribution in [0, 0.1) is 0 Å². The van der Waals surface area contributed by atoms with E-state index in [2.05, 4.69) is 5.32 Å². The molecule has 144 valence electrons. The smallest absolute Gasteiger partial charge is 0.322 e. The predicted octanol–water partition coefficient (Wildman–Crippen LogP) is 2.36. The first-order valence-corrected chi connectivity index (χ1v) is 10.4. The lowest BCUT2D eigenvalue weighted by Gasteiger charge is -2.34. The topological polar surface area (TPSA) is 78.9 Å². The van der Waals surface area contributed by atoms with Crippen LogP contribution in [0.3, 0.4) is 0 Å². The minimum atomic E-state index is -1.03. The zero-order valence-corrected chi connectivity index (χ0v) is 15.9. The Bertz CT molecular complexity index is 785. The molecule has 1 heterocycles. The lowest BCUT2D eigenvalue weighted by Crippen LogP contribution is -2.52. The van der Waals surface area contributed by atoms with Gasteiger partial charge in [-0.2, -0.15) is 0 Å². The van der Waals surface area contributed by atoms with Crippen molar-refractivity contribution in [3.63, 3.8) is 0 Å². The number of aliphatic hydroxyl groups is 1. The van der Waals surface area contributed by atoms with Crippen LogP contribution in [0.25, 0.3) is 0 Å². The monoisotopic (exact) mass is 388 g/mol. The Morgan fingerprint density at radius 1 is 1.15 bits per heavy atom. The summed E-state index contributed by atoms with van der Waals surface area (Å²) in [5.41, 5.74) is 2.60. The Morgan fingerprint density at radius 2 is 1.89 bits per heavy atom. The molecule has 1 saturated heterocycles. The molecule has 0 aromatic heterocycles. The fourth-order valence-corrected chi connectivity index (χ4v) is 4.22. The van der Waals surface area contributed by atoms with E-state index in [0.29, 0.717) is 37.0 Å². The summed E-state index contributed by atoms with van der Waals surface area (Å²) in [6, 6.07) is 16.5. The van der Waals surface area contributed by atoms with Crippen molar-refractivity contribution in [2.45, 2.75) is 17.5 Å². The number of morpholine rings is 1. The van der Waals surface area contributed by atoms with E-state index >= 15 is 0 Å². The number of aliphatic hydroxyl groups excluding tert-OH is 1. The van der Waals surface area contributed by atoms with Crippen molar-refractivity contribution in [2.24, 2.45) is 0 Å². The molecule has 2 atom stereocenters. The summed E-state index contributed by atoms with van der Waals surface area (Å²) in [4.78, 5) is 14.1. The van der Waals surface area contributed by atoms with Crippen LogP contribution in [0.5, 0.6) is 0 Å². The van der Waals surface area contributed by atoms with Crippen LogP contribution >= 0.6 is 0 Å². The van der Waals surface area contributed by atoms with Gasteiger partial charge in [-0.3, -0.25) is 4.21 Å². The number of hydrogen-bond acceptors (Lipinski definition) is 4. The number of carbonyl (C=O) groups excluding carboxylic acids is 1. The average molecular weight is 388 g/mol. The number of carbonyl (C=O) groups is 1. The second-order valence-corrected chi connectivity index (χ2v) is 7.91. The van der Waals surface area contributed by atoms with Gasteiger partial charge < -0.3 is 20.1 Å². The molecule has 2 aromatic rings. The molecule has 2 N–H and O–H groups in total. The van der Waals surface area contributed by atoms with Crippen molar-refractivity contribution in [3.05, 3.63) is 65.7 Å². The van der Waals surface area contributed by atoms with Crippen LogP contribution in [-0.2, 0) is 27.0 Å². The van der Waals surface area contributed by atoms with Crippen molar-refractivity contribution >= 4 is 22.5 Å². The van der Waals surface area contributed by atoms with Crippen LogP contribution in [0.1, 0.15) is 11.1 Å². The molecule has 0 aliphatic carbocycles. The number of hydrogen-bond donors (Lipinski definition) is 2. The van der Waals surface area contributed by atoms with Gasteiger partial charge in [0.25, 0.3) is 0 Å².